The fourth-order valence-corrected chi connectivity index (χ4v) is 3.49. The number of carbonyl (C=O) groups excluding carboxylic acids is 3. The lowest BCUT2D eigenvalue weighted by molar-refractivity contribution is -0.117. The third kappa shape index (κ3) is 5.58. The van der Waals surface area contributed by atoms with Crippen LogP contribution in [0, 0.1) is 13.8 Å². The van der Waals surface area contributed by atoms with Gasteiger partial charge in [-0.25, -0.2) is 9.48 Å². The van der Waals surface area contributed by atoms with Crippen molar-refractivity contribution >= 4 is 45.1 Å². The molecular formula is C22H22BrN5O4. The van der Waals surface area contributed by atoms with E-state index in [0.717, 1.165) is 10.0 Å². The molecule has 0 aliphatic carbocycles. The number of nitrogens with one attached hydrogen (secondary N) is 2. The highest BCUT2D eigenvalue weighted by Gasteiger charge is 2.19. The Morgan fingerprint density at radius 1 is 1.09 bits per heavy atom. The maximum absolute atomic E-state index is 12.6. The van der Waals surface area contributed by atoms with E-state index in [0.29, 0.717) is 22.6 Å². The second-order valence-corrected chi connectivity index (χ2v) is 7.82. The van der Waals surface area contributed by atoms with Crippen molar-refractivity contribution in [2.75, 3.05) is 17.2 Å². The van der Waals surface area contributed by atoms with Crippen LogP contribution in [0.4, 0.5) is 11.4 Å². The zero-order chi connectivity index (χ0) is 23.3. The lowest BCUT2D eigenvalue weighted by Crippen LogP contribution is -2.21. The summed E-state index contributed by atoms with van der Waals surface area (Å²) in [6.07, 6.45) is 0. The molecule has 2 amide bonds. The fraction of sp³-hybridized carbons (Fsp3) is 0.227. The Morgan fingerprint density at radius 3 is 2.59 bits per heavy atom. The van der Waals surface area contributed by atoms with Gasteiger partial charge >= 0.3 is 5.97 Å². The van der Waals surface area contributed by atoms with E-state index in [4.69, 9.17) is 4.74 Å². The van der Waals surface area contributed by atoms with Crippen LogP contribution >= 0.6 is 15.9 Å². The molecule has 0 bridgehead atoms. The van der Waals surface area contributed by atoms with Gasteiger partial charge in [0, 0.05) is 10.2 Å². The molecule has 1 aromatic heterocycles. The van der Waals surface area contributed by atoms with Gasteiger partial charge in [0.1, 0.15) is 6.54 Å². The molecule has 32 heavy (non-hydrogen) atoms. The molecule has 0 saturated heterocycles. The monoisotopic (exact) mass is 499 g/mol. The van der Waals surface area contributed by atoms with Gasteiger partial charge in [-0.05, 0) is 72.6 Å². The summed E-state index contributed by atoms with van der Waals surface area (Å²) in [5.41, 5.74) is 3.00. The van der Waals surface area contributed by atoms with Crippen molar-refractivity contribution < 1.29 is 19.1 Å². The molecule has 166 valence electrons. The fourth-order valence-electron chi connectivity index (χ4n) is 2.90. The molecule has 2 aromatic carbocycles. The SMILES string of the molecule is CCOC(=O)c1cccc(NC(=O)Cn2nnc(C(=O)Nc3ccc(C)cc3Br)c2C)c1. The number of rotatable bonds is 7. The smallest absolute Gasteiger partial charge is 0.338 e. The number of esters is 1. The lowest BCUT2D eigenvalue weighted by Gasteiger charge is -2.09. The van der Waals surface area contributed by atoms with Crippen LogP contribution < -0.4 is 10.6 Å². The van der Waals surface area contributed by atoms with Crippen molar-refractivity contribution in [3.05, 3.63) is 69.5 Å². The summed E-state index contributed by atoms with van der Waals surface area (Å²) in [7, 11) is 0. The number of carbonyl (C=O) groups is 3. The number of amides is 2. The summed E-state index contributed by atoms with van der Waals surface area (Å²) in [5.74, 6) is -1.28. The second-order valence-electron chi connectivity index (χ2n) is 6.97. The molecule has 9 nitrogen and oxygen atoms in total. The first-order valence-corrected chi connectivity index (χ1v) is 10.6. The van der Waals surface area contributed by atoms with Crippen LogP contribution in [0.3, 0.4) is 0 Å². The summed E-state index contributed by atoms with van der Waals surface area (Å²) in [6.45, 7) is 5.44. The molecule has 1 heterocycles. The van der Waals surface area contributed by atoms with Gasteiger partial charge in [-0.2, -0.15) is 0 Å². The van der Waals surface area contributed by atoms with Gasteiger partial charge in [0.25, 0.3) is 5.91 Å². The van der Waals surface area contributed by atoms with Crippen molar-refractivity contribution in [2.24, 2.45) is 0 Å². The van der Waals surface area contributed by atoms with Crippen LogP contribution in [0.25, 0.3) is 0 Å². The van der Waals surface area contributed by atoms with Crippen LogP contribution in [0.15, 0.2) is 46.9 Å². The Kier molecular flexibility index (Phi) is 7.37. The van der Waals surface area contributed by atoms with Gasteiger partial charge in [-0.3, -0.25) is 9.59 Å². The maximum Gasteiger partial charge on any atom is 0.338 e. The number of aryl methyl sites for hydroxylation is 1. The number of hydrogen-bond donors (Lipinski definition) is 2. The Bertz CT molecular complexity index is 1170. The van der Waals surface area contributed by atoms with Crippen molar-refractivity contribution in [3.63, 3.8) is 0 Å². The highest BCUT2D eigenvalue weighted by molar-refractivity contribution is 9.10. The first-order chi connectivity index (χ1) is 15.3. The quantitative estimate of drug-likeness (QED) is 0.478. The van der Waals surface area contributed by atoms with E-state index in [9.17, 15) is 14.4 Å². The summed E-state index contributed by atoms with van der Waals surface area (Å²) >= 11 is 3.42. The summed E-state index contributed by atoms with van der Waals surface area (Å²) in [6, 6.07) is 12.0. The maximum atomic E-state index is 12.6. The molecule has 0 spiro atoms. The number of anilines is 2. The number of nitrogens with zero attached hydrogens (tertiary/aromatic N) is 3. The standard InChI is InChI=1S/C22H22BrN5O4/c1-4-32-22(31)15-6-5-7-16(11-15)24-19(29)12-28-14(3)20(26-27-28)21(30)25-18-9-8-13(2)10-17(18)23/h5-11H,4,12H2,1-3H3,(H,24,29)(H,25,30). The van der Waals surface area contributed by atoms with Gasteiger partial charge in [0.15, 0.2) is 5.69 Å². The van der Waals surface area contributed by atoms with E-state index >= 15 is 0 Å². The highest BCUT2D eigenvalue weighted by atomic mass is 79.9. The van der Waals surface area contributed by atoms with E-state index in [1.54, 1.807) is 38.1 Å². The van der Waals surface area contributed by atoms with Crippen LogP contribution in [-0.4, -0.2) is 39.4 Å². The summed E-state index contributed by atoms with van der Waals surface area (Å²) in [4.78, 5) is 36.9. The zero-order valence-corrected chi connectivity index (χ0v) is 19.4. The van der Waals surface area contributed by atoms with Gasteiger partial charge < -0.3 is 15.4 Å². The number of ether oxygens (including phenoxy) is 1. The average Bonchev–Trinajstić information content (AvgIpc) is 3.10. The predicted octanol–water partition coefficient (Wildman–Crippen LogP) is 3.73. The molecule has 0 fully saturated rings. The predicted molar refractivity (Wildman–Crippen MR) is 123 cm³/mol. The topological polar surface area (TPSA) is 115 Å². The van der Waals surface area contributed by atoms with Crippen molar-refractivity contribution in [3.8, 4) is 0 Å². The van der Waals surface area contributed by atoms with Crippen LogP contribution in [0.1, 0.15) is 39.0 Å². The molecule has 0 saturated carbocycles. The first kappa shape index (κ1) is 23.1. The summed E-state index contributed by atoms with van der Waals surface area (Å²) < 4.78 is 7.05. The van der Waals surface area contributed by atoms with Crippen LogP contribution in [0.5, 0.6) is 0 Å². The second kappa shape index (κ2) is 10.2. The Labute approximate surface area is 193 Å². The van der Waals surface area contributed by atoms with Gasteiger partial charge in [-0.1, -0.05) is 17.3 Å². The minimum atomic E-state index is -0.466. The Balaban J connectivity index is 1.66. The van der Waals surface area contributed by atoms with E-state index in [2.05, 4.69) is 36.9 Å². The first-order valence-electron chi connectivity index (χ1n) is 9.83. The summed E-state index contributed by atoms with van der Waals surface area (Å²) in [5, 5.41) is 13.3. The van der Waals surface area contributed by atoms with Crippen molar-refractivity contribution in [1.82, 2.24) is 15.0 Å². The molecule has 10 heteroatoms. The van der Waals surface area contributed by atoms with Crippen molar-refractivity contribution in [1.29, 1.82) is 0 Å². The molecule has 3 rings (SSSR count). The largest absolute Gasteiger partial charge is 0.462 e. The third-order valence-corrected chi connectivity index (χ3v) is 5.18. The van der Waals surface area contributed by atoms with E-state index < -0.39 is 11.9 Å². The minimum Gasteiger partial charge on any atom is -0.462 e. The molecule has 3 aromatic rings. The Morgan fingerprint density at radius 2 is 1.88 bits per heavy atom. The van der Waals surface area contributed by atoms with Gasteiger partial charge in [0.05, 0.1) is 23.6 Å². The third-order valence-electron chi connectivity index (χ3n) is 4.52. The molecule has 0 aliphatic heterocycles. The molecule has 0 radical (unpaired) electrons. The number of hydrogen-bond acceptors (Lipinski definition) is 6. The van der Waals surface area contributed by atoms with E-state index in [-0.39, 0.29) is 24.8 Å². The molecular weight excluding hydrogens is 478 g/mol. The van der Waals surface area contributed by atoms with Gasteiger partial charge in [0.2, 0.25) is 5.91 Å². The molecule has 0 atom stereocenters. The number of benzene rings is 2. The van der Waals surface area contributed by atoms with Gasteiger partial charge in [-0.15, -0.1) is 5.10 Å². The van der Waals surface area contributed by atoms with E-state index in [1.165, 1.54) is 10.7 Å². The number of halogens is 1. The van der Waals surface area contributed by atoms with Crippen molar-refractivity contribution in [2.45, 2.75) is 27.3 Å². The normalized spacial score (nSPS) is 10.5. The number of aromatic nitrogens is 3. The van der Waals surface area contributed by atoms with Crippen LogP contribution in [0.2, 0.25) is 0 Å². The minimum absolute atomic E-state index is 0.120. The Hall–Kier alpha value is -3.53. The molecule has 2 N–H and O–H groups in total. The highest BCUT2D eigenvalue weighted by Crippen LogP contribution is 2.24. The average molecular weight is 500 g/mol. The van der Waals surface area contributed by atoms with Crippen LogP contribution in [-0.2, 0) is 16.1 Å². The zero-order valence-electron chi connectivity index (χ0n) is 17.8. The lowest BCUT2D eigenvalue weighted by atomic mass is 10.2. The molecule has 0 aliphatic rings. The molecule has 0 unspecified atom stereocenters. The van der Waals surface area contributed by atoms with E-state index in [1.807, 2.05) is 19.1 Å².